The van der Waals surface area contributed by atoms with Gasteiger partial charge in [0.25, 0.3) is 0 Å². The monoisotopic (exact) mass is 468 g/mol. The maximum Gasteiger partial charge on any atom is 0.314 e. The van der Waals surface area contributed by atoms with E-state index in [4.69, 9.17) is 16.3 Å². The number of benzene rings is 3. The molecule has 0 unspecified atom stereocenters. The third kappa shape index (κ3) is 5.80. The minimum absolute atomic E-state index is 0.0168. The topological polar surface area (TPSA) is 26.3 Å². The van der Waals surface area contributed by atoms with Gasteiger partial charge in [0.15, 0.2) is 0 Å². The van der Waals surface area contributed by atoms with Crippen LogP contribution in [0.3, 0.4) is 0 Å². The van der Waals surface area contributed by atoms with Crippen LogP contribution in [0.5, 0.6) is 5.75 Å². The van der Waals surface area contributed by atoms with E-state index in [9.17, 15) is 13.6 Å². The van der Waals surface area contributed by atoms with Crippen LogP contribution in [-0.2, 0) is 11.2 Å². The Labute approximate surface area is 198 Å². The molecule has 3 aromatic rings. The Morgan fingerprint density at radius 3 is 2.18 bits per heavy atom. The Balaban J connectivity index is 1.37. The van der Waals surface area contributed by atoms with Gasteiger partial charge in [-0.25, -0.2) is 8.78 Å². The molecule has 0 heterocycles. The highest BCUT2D eigenvalue weighted by Gasteiger charge is 2.29. The Morgan fingerprint density at radius 1 is 0.970 bits per heavy atom. The second kappa shape index (κ2) is 10.5. The fourth-order valence-electron chi connectivity index (χ4n) is 4.62. The molecule has 2 nitrogen and oxygen atoms in total. The normalized spacial score (nSPS) is 19.2. The lowest BCUT2D eigenvalue weighted by Gasteiger charge is -2.28. The highest BCUT2D eigenvalue weighted by Crippen LogP contribution is 2.38. The van der Waals surface area contributed by atoms with Crippen LogP contribution in [0.15, 0.2) is 66.7 Å². The van der Waals surface area contributed by atoms with Crippen molar-refractivity contribution in [1.82, 2.24) is 0 Å². The molecule has 1 aliphatic rings. The second-order valence-corrected chi connectivity index (χ2v) is 9.34. The third-order valence-corrected chi connectivity index (χ3v) is 6.86. The van der Waals surface area contributed by atoms with E-state index in [1.54, 1.807) is 24.3 Å². The van der Waals surface area contributed by atoms with Crippen molar-refractivity contribution in [3.05, 3.63) is 100 Å². The lowest BCUT2D eigenvalue weighted by molar-refractivity contribution is -0.140. The zero-order valence-electron chi connectivity index (χ0n) is 18.6. The van der Waals surface area contributed by atoms with Crippen molar-refractivity contribution in [2.45, 2.75) is 50.9 Å². The zero-order valence-corrected chi connectivity index (χ0v) is 19.3. The Bertz CT molecular complexity index is 1070. The molecule has 0 radical (unpaired) electrons. The lowest BCUT2D eigenvalue weighted by atomic mass is 9.78. The first-order chi connectivity index (χ1) is 15.9. The Morgan fingerprint density at radius 2 is 1.58 bits per heavy atom. The summed E-state index contributed by atoms with van der Waals surface area (Å²) in [6.45, 7) is 1.98. The van der Waals surface area contributed by atoms with Crippen molar-refractivity contribution in [3.8, 4) is 5.75 Å². The molecule has 4 rings (SSSR count). The molecule has 1 aliphatic carbocycles. The average Bonchev–Trinajstić information content (AvgIpc) is 2.83. The van der Waals surface area contributed by atoms with Crippen molar-refractivity contribution in [2.75, 3.05) is 0 Å². The highest BCUT2D eigenvalue weighted by molar-refractivity contribution is 6.30. The summed E-state index contributed by atoms with van der Waals surface area (Å²) in [4.78, 5) is 12.5. The van der Waals surface area contributed by atoms with Crippen molar-refractivity contribution < 1.29 is 18.3 Å². The summed E-state index contributed by atoms with van der Waals surface area (Å²) < 4.78 is 35.2. The number of hydrogen-bond acceptors (Lipinski definition) is 2. The zero-order chi connectivity index (χ0) is 23.4. The SMILES string of the molecule is C[C@H](Cc1c(F)cc(C2CCC(C(=O)Oc3ccc(Cl)cc3)CC2)cc1F)c1ccccc1. The summed E-state index contributed by atoms with van der Waals surface area (Å²) in [5, 5.41) is 0.579. The number of carbonyl (C=O) groups is 1. The quantitative estimate of drug-likeness (QED) is 0.272. The second-order valence-electron chi connectivity index (χ2n) is 8.90. The molecule has 0 amide bonds. The van der Waals surface area contributed by atoms with E-state index in [-0.39, 0.29) is 29.3 Å². The molecule has 0 saturated heterocycles. The molecule has 5 heteroatoms. The molecule has 0 aromatic heterocycles. The molecule has 1 atom stereocenters. The summed E-state index contributed by atoms with van der Waals surface area (Å²) >= 11 is 5.86. The third-order valence-electron chi connectivity index (χ3n) is 6.61. The van der Waals surface area contributed by atoms with Gasteiger partial charge in [-0.05, 0) is 91.5 Å². The van der Waals surface area contributed by atoms with Gasteiger partial charge in [0, 0.05) is 10.6 Å². The van der Waals surface area contributed by atoms with Gasteiger partial charge in [-0.2, -0.15) is 0 Å². The van der Waals surface area contributed by atoms with Crippen LogP contribution in [0.25, 0.3) is 0 Å². The predicted octanol–water partition coefficient (Wildman–Crippen LogP) is 7.84. The van der Waals surface area contributed by atoms with E-state index in [1.807, 2.05) is 37.3 Å². The number of ether oxygens (including phenoxy) is 1. The fraction of sp³-hybridized carbons (Fsp3) is 0.321. The Hall–Kier alpha value is -2.72. The molecule has 0 aliphatic heterocycles. The molecule has 33 heavy (non-hydrogen) atoms. The number of rotatable bonds is 6. The van der Waals surface area contributed by atoms with Gasteiger partial charge in [-0.3, -0.25) is 4.79 Å². The lowest BCUT2D eigenvalue weighted by Crippen LogP contribution is -2.25. The van der Waals surface area contributed by atoms with E-state index in [0.717, 1.165) is 5.56 Å². The predicted molar refractivity (Wildman–Crippen MR) is 127 cm³/mol. The fourth-order valence-corrected chi connectivity index (χ4v) is 4.75. The van der Waals surface area contributed by atoms with Crippen molar-refractivity contribution in [2.24, 2.45) is 5.92 Å². The number of carbonyl (C=O) groups excluding carboxylic acids is 1. The van der Waals surface area contributed by atoms with Crippen molar-refractivity contribution in [1.29, 1.82) is 0 Å². The first kappa shape index (κ1) is 23.4. The van der Waals surface area contributed by atoms with E-state index >= 15 is 0 Å². The number of hydrogen-bond donors (Lipinski definition) is 0. The molecule has 1 saturated carbocycles. The van der Waals surface area contributed by atoms with Gasteiger partial charge in [0.2, 0.25) is 0 Å². The molecule has 0 N–H and O–H groups in total. The van der Waals surface area contributed by atoms with Crippen LogP contribution in [0.4, 0.5) is 8.78 Å². The molecule has 172 valence electrons. The van der Waals surface area contributed by atoms with Gasteiger partial charge in [-0.15, -0.1) is 0 Å². The van der Waals surface area contributed by atoms with Gasteiger partial charge in [-0.1, -0.05) is 48.9 Å². The van der Waals surface area contributed by atoms with Crippen LogP contribution in [0.2, 0.25) is 5.02 Å². The highest BCUT2D eigenvalue weighted by atomic mass is 35.5. The van der Waals surface area contributed by atoms with Gasteiger partial charge < -0.3 is 4.74 Å². The smallest absolute Gasteiger partial charge is 0.314 e. The van der Waals surface area contributed by atoms with E-state index in [1.165, 1.54) is 12.1 Å². The van der Waals surface area contributed by atoms with Crippen LogP contribution in [0.1, 0.15) is 61.1 Å². The average molecular weight is 469 g/mol. The minimum atomic E-state index is -0.489. The van der Waals surface area contributed by atoms with E-state index < -0.39 is 11.6 Å². The molecular formula is C28H27ClF2O2. The molecule has 0 spiro atoms. The maximum absolute atomic E-state index is 14.9. The minimum Gasteiger partial charge on any atom is -0.426 e. The van der Waals surface area contributed by atoms with Gasteiger partial charge >= 0.3 is 5.97 Å². The van der Waals surface area contributed by atoms with Crippen LogP contribution in [-0.4, -0.2) is 5.97 Å². The maximum atomic E-state index is 14.9. The van der Waals surface area contributed by atoms with Gasteiger partial charge in [0.05, 0.1) is 5.92 Å². The summed E-state index contributed by atoms with van der Waals surface area (Å²) in [6.07, 6.45) is 2.96. The standard InChI is InChI=1S/C28H27ClF2O2/c1-18(19-5-3-2-4-6-19)15-25-26(30)16-22(17-27(25)31)20-7-9-21(10-8-20)28(32)33-24-13-11-23(29)12-14-24/h2-6,11-14,16-18,20-21H,7-10,15H2,1H3/t18-,20?,21?/m1/s1. The summed E-state index contributed by atoms with van der Waals surface area (Å²) in [6, 6.07) is 19.4. The summed E-state index contributed by atoms with van der Waals surface area (Å²) in [7, 11) is 0. The summed E-state index contributed by atoms with van der Waals surface area (Å²) in [5.41, 5.74) is 1.87. The number of esters is 1. The summed E-state index contributed by atoms with van der Waals surface area (Å²) in [5.74, 6) is -0.932. The van der Waals surface area contributed by atoms with E-state index in [0.29, 0.717) is 48.4 Å². The Kier molecular flexibility index (Phi) is 7.44. The van der Waals surface area contributed by atoms with Gasteiger partial charge in [0.1, 0.15) is 17.4 Å². The molecule has 3 aromatic carbocycles. The molecule has 0 bridgehead atoms. The first-order valence-corrected chi connectivity index (χ1v) is 11.8. The van der Waals surface area contributed by atoms with Crippen LogP contribution < -0.4 is 4.74 Å². The largest absolute Gasteiger partial charge is 0.426 e. The van der Waals surface area contributed by atoms with Crippen LogP contribution in [0, 0.1) is 17.6 Å². The van der Waals surface area contributed by atoms with Crippen molar-refractivity contribution >= 4 is 17.6 Å². The molecular weight excluding hydrogens is 442 g/mol. The first-order valence-electron chi connectivity index (χ1n) is 11.4. The molecule has 1 fully saturated rings. The van der Waals surface area contributed by atoms with Crippen LogP contribution >= 0.6 is 11.6 Å². The number of halogens is 3. The van der Waals surface area contributed by atoms with Crippen molar-refractivity contribution in [3.63, 3.8) is 0 Å². The van der Waals surface area contributed by atoms with E-state index in [2.05, 4.69) is 0 Å².